The van der Waals surface area contributed by atoms with Gasteiger partial charge in [-0.1, -0.05) is 60.7 Å². The van der Waals surface area contributed by atoms with Crippen LogP contribution in [0.3, 0.4) is 0 Å². The van der Waals surface area contributed by atoms with Crippen LogP contribution < -0.4 is 10.1 Å². The van der Waals surface area contributed by atoms with Gasteiger partial charge in [0.25, 0.3) is 5.91 Å². The molecular weight excluding hydrogens is 460 g/mol. The molecule has 0 aliphatic carbocycles. The van der Waals surface area contributed by atoms with Crippen molar-refractivity contribution in [1.82, 2.24) is 14.8 Å². The van der Waals surface area contributed by atoms with E-state index in [1.54, 1.807) is 4.68 Å². The predicted molar refractivity (Wildman–Crippen MR) is 149 cm³/mol. The first kappa shape index (κ1) is 24.0. The van der Waals surface area contributed by atoms with Gasteiger partial charge in [-0.2, -0.15) is 9.78 Å². The van der Waals surface area contributed by atoms with E-state index in [1.807, 2.05) is 124 Å². The molecule has 0 saturated carbocycles. The van der Waals surface area contributed by atoms with Crippen LogP contribution in [0.4, 0.5) is 5.82 Å². The van der Waals surface area contributed by atoms with Gasteiger partial charge in [0.15, 0.2) is 5.82 Å². The second-order valence-corrected chi connectivity index (χ2v) is 9.06. The molecule has 0 bridgehead atoms. The molecule has 0 radical (unpaired) electrons. The van der Waals surface area contributed by atoms with Crippen molar-refractivity contribution < 1.29 is 9.53 Å². The smallest absolute Gasteiger partial charge is 0.257 e. The third-order valence-electron chi connectivity index (χ3n) is 5.77. The van der Waals surface area contributed by atoms with E-state index in [1.165, 1.54) is 0 Å². The largest absolute Gasteiger partial charge is 0.491 e. The molecule has 2 heterocycles. The summed E-state index contributed by atoms with van der Waals surface area (Å²) in [6.45, 7) is 5.87. The molecular formula is C31H28N4O2. The minimum absolute atomic E-state index is 0.0949. The van der Waals surface area contributed by atoms with Crippen LogP contribution in [0, 0.1) is 6.92 Å². The summed E-state index contributed by atoms with van der Waals surface area (Å²) in [5.41, 5.74) is 3.88. The molecule has 37 heavy (non-hydrogen) atoms. The number of aromatic nitrogens is 3. The van der Waals surface area contributed by atoms with Crippen LogP contribution in [0.1, 0.15) is 30.7 Å². The lowest BCUT2D eigenvalue weighted by atomic mass is 10.0. The molecule has 0 atom stereocenters. The van der Waals surface area contributed by atoms with Gasteiger partial charge >= 0.3 is 0 Å². The van der Waals surface area contributed by atoms with Gasteiger partial charge in [0.1, 0.15) is 11.6 Å². The van der Waals surface area contributed by atoms with Crippen LogP contribution in [0.15, 0.2) is 97.1 Å². The number of fused-ring (bicyclic) bond motifs is 1. The molecule has 0 fully saturated rings. The Hall–Kier alpha value is -4.71. The Bertz CT molecular complexity index is 1570. The van der Waals surface area contributed by atoms with Crippen molar-refractivity contribution >= 4 is 34.3 Å². The van der Waals surface area contributed by atoms with Gasteiger partial charge in [-0.25, -0.2) is 4.98 Å². The van der Waals surface area contributed by atoms with Crippen LogP contribution in [-0.2, 0) is 4.79 Å². The van der Waals surface area contributed by atoms with E-state index < -0.39 is 0 Å². The van der Waals surface area contributed by atoms with Crippen molar-refractivity contribution in [1.29, 1.82) is 0 Å². The summed E-state index contributed by atoms with van der Waals surface area (Å²) in [6.07, 6.45) is 1.98. The van der Waals surface area contributed by atoms with E-state index in [4.69, 9.17) is 9.72 Å². The highest BCUT2D eigenvalue weighted by Crippen LogP contribution is 2.24. The molecule has 0 saturated heterocycles. The van der Waals surface area contributed by atoms with Gasteiger partial charge in [0, 0.05) is 17.0 Å². The minimum Gasteiger partial charge on any atom is -0.491 e. The number of nitrogens with one attached hydrogen (secondary N) is 1. The molecule has 6 heteroatoms. The molecule has 0 aliphatic rings. The SMILES string of the molecule is Cc1cc(NC(=O)/C(=C/c2ccc(OC(C)C)cc2)c2ccccc2)n(-c2ccc3ccccc3n2)n1. The van der Waals surface area contributed by atoms with Crippen molar-refractivity contribution in [2.75, 3.05) is 5.32 Å². The van der Waals surface area contributed by atoms with Crippen LogP contribution in [0.5, 0.6) is 5.75 Å². The van der Waals surface area contributed by atoms with E-state index >= 15 is 0 Å². The molecule has 6 nitrogen and oxygen atoms in total. The minimum atomic E-state index is -0.240. The van der Waals surface area contributed by atoms with Crippen LogP contribution in [0.2, 0.25) is 0 Å². The summed E-state index contributed by atoms with van der Waals surface area (Å²) >= 11 is 0. The maximum atomic E-state index is 13.7. The molecule has 3 aromatic carbocycles. The lowest BCUT2D eigenvalue weighted by Crippen LogP contribution is -2.17. The van der Waals surface area contributed by atoms with E-state index in [0.29, 0.717) is 17.2 Å². The number of carbonyl (C=O) groups is 1. The number of carbonyl (C=O) groups excluding carboxylic acids is 1. The lowest BCUT2D eigenvalue weighted by Gasteiger charge is -2.12. The summed E-state index contributed by atoms with van der Waals surface area (Å²) in [7, 11) is 0. The normalized spacial score (nSPS) is 11.6. The standard InChI is InChI=1S/C31H28N4O2/c1-21(2)37-26-16-13-23(14-17-26)20-27(24-9-5-4-6-10-24)31(36)33-30-19-22(3)34-35(30)29-18-15-25-11-7-8-12-28(25)32-29/h4-21H,1-3H3,(H,33,36)/b27-20+. The highest BCUT2D eigenvalue weighted by atomic mass is 16.5. The number of ether oxygens (including phenoxy) is 1. The van der Waals surface area contributed by atoms with Crippen LogP contribution in [-0.4, -0.2) is 26.8 Å². The summed E-state index contributed by atoms with van der Waals surface area (Å²) < 4.78 is 7.42. The average Bonchev–Trinajstić information content (AvgIpc) is 3.27. The van der Waals surface area contributed by atoms with E-state index in [9.17, 15) is 4.79 Å². The zero-order valence-corrected chi connectivity index (χ0v) is 21.1. The van der Waals surface area contributed by atoms with Gasteiger partial charge in [0.05, 0.1) is 17.3 Å². The second kappa shape index (κ2) is 10.5. The van der Waals surface area contributed by atoms with Crippen molar-refractivity contribution in [2.24, 2.45) is 0 Å². The van der Waals surface area contributed by atoms with Crippen molar-refractivity contribution in [3.05, 3.63) is 114 Å². The fourth-order valence-corrected chi connectivity index (χ4v) is 4.10. The highest BCUT2D eigenvalue weighted by Gasteiger charge is 2.17. The topological polar surface area (TPSA) is 69.0 Å². The Morgan fingerprint density at radius 1 is 0.919 bits per heavy atom. The van der Waals surface area contributed by atoms with Crippen LogP contribution in [0.25, 0.3) is 28.4 Å². The molecule has 1 N–H and O–H groups in total. The van der Waals surface area contributed by atoms with Crippen molar-refractivity contribution in [2.45, 2.75) is 26.9 Å². The van der Waals surface area contributed by atoms with Gasteiger partial charge in [-0.05, 0) is 68.3 Å². The fraction of sp³-hybridized carbons (Fsp3) is 0.129. The maximum Gasteiger partial charge on any atom is 0.257 e. The van der Waals surface area contributed by atoms with Gasteiger partial charge in [-0.3, -0.25) is 4.79 Å². The molecule has 0 unspecified atom stereocenters. The monoisotopic (exact) mass is 488 g/mol. The third kappa shape index (κ3) is 5.59. The van der Waals surface area contributed by atoms with Gasteiger partial charge in [-0.15, -0.1) is 0 Å². The predicted octanol–water partition coefficient (Wildman–Crippen LogP) is 6.70. The zero-order chi connectivity index (χ0) is 25.8. The third-order valence-corrected chi connectivity index (χ3v) is 5.77. The molecule has 0 spiro atoms. The zero-order valence-electron chi connectivity index (χ0n) is 21.1. The quantitative estimate of drug-likeness (QED) is 0.205. The maximum absolute atomic E-state index is 13.7. The second-order valence-electron chi connectivity index (χ2n) is 9.06. The molecule has 5 aromatic rings. The first-order valence-electron chi connectivity index (χ1n) is 12.2. The van der Waals surface area contributed by atoms with E-state index in [0.717, 1.165) is 33.5 Å². The Kier molecular flexibility index (Phi) is 6.81. The lowest BCUT2D eigenvalue weighted by molar-refractivity contribution is -0.111. The number of hydrogen-bond acceptors (Lipinski definition) is 4. The van der Waals surface area contributed by atoms with Gasteiger partial charge in [0.2, 0.25) is 0 Å². The molecule has 2 aromatic heterocycles. The number of anilines is 1. The Morgan fingerprint density at radius 3 is 2.41 bits per heavy atom. The summed E-state index contributed by atoms with van der Waals surface area (Å²) in [5, 5.41) is 8.70. The van der Waals surface area contributed by atoms with Crippen molar-refractivity contribution in [3.8, 4) is 11.6 Å². The number of benzene rings is 3. The van der Waals surface area contributed by atoms with Crippen LogP contribution >= 0.6 is 0 Å². The van der Waals surface area contributed by atoms with Gasteiger partial charge < -0.3 is 10.1 Å². The number of amides is 1. The summed E-state index contributed by atoms with van der Waals surface area (Å²) in [6, 6.07) is 31.0. The Balaban J connectivity index is 1.48. The first-order valence-corrected chi connectivity index (χ1v) is 12.2. The molecule has 0 aliphatic heterocycles. The number of pyridine rings is 1. The fourth-order valence-electron chi connectivity index (χ4n) is 4.10. The number of hydrogen-bond donors (Lipinski definition) is 1. The molecule has 184 valence electrons. The van der Waals surface area contributed by atoms with E-state index in [-0.39, 0.29) is 12.0 Å². The Labute approximate surface area is 216 Å². The number of para-hydroxylation sites is 1. The molecule has 1 amide bonds. The number of aryl methyl sites for hydroxylation is 1. The molecule has 5 rings (SSSR count). The number of nitrogens with zero attached hydrogens (tertiary/aromatic N) is 3. The summed E-state index contributed by atoms with van der Waals surface area (Å²) in [4.78, 5) is 18.4. The Morgan fingerprint density at radius 2 is 1.65 bits per heavy atom. The number of rotatable bonds is 7. The first-order chi connectivity index (χ1) is 18.0. The summed E-state index contributed by atoms with van der Waals surface area (Å²) in [5.74, 6) is 1.73. The highest BCUT2D eigenvalue weighted by molar-refractivity contribution is 6.29. The van der Waals surface area contributed by atoms with E-state index in [2.05, 4.69) is 10.4 Å². The average molecular weight is 489 g/mol. The van der Waals surface area contributed by atoms with Crippen molar-refractivity contribution in [3.63, 3.8) is 0 Å².